The van der Waals surface area contributed by atoms with E-state index in [0.29, 0.717) is 24.0 Å². The first-order valence-electron chi connectivity index (χ1n) is 7.74. The summed E-state index contributed by atoms with van der Waals surface area (Å²) in [4.78, 5) is 8.52. The number of nitrogens with zero attached hydrogens (tertiary/aromatic N) is 2. The Morgan fingerprint density at radius 1 is 1.04 bits per heavy atom. The summed E-state index contributed by atoms with van der Waals surface area (Å²) in [6, 6.07) is 13.7. The van der Waals surface area contributed by atoms with Crippen LogP contribution in [0.15, 0.2) is 54.7 Å². The van der Waals surface area contributed by atoms with Gasteiger partial charge in [0.25, 0.3) is 0 Å². The molecule has 0 atom stereocenters. The van der Waals surface area contributed by atoms with Gasteiger partial charge in [-0.05, 0) is 42.0 Å². The van der Waals surface area contributed by atoms with Gasteiger partial charge in [-0.1, -0.05) is 12.1 Å². The Bertz CT molecular complexity index is 904. The molecular weight excluding hydrogens is 323 g/mol. The first kappa shape index (κ1) is 15.2. The molecular formula is C18H15FN4O2. The first-order chi connectivity index (χ1) is 12.3. The summed E-state index contributed by atoms with van der Waals surface area (Å²) < 4.78 is 23.9. The molecule has 3 aromatic rings. The van der Waals surface area contributed by atoms with Gasteiger partial charge in [-0.2, -0.15) is 4.98 Å². The van der Waals surface area contributed by atoms with E-state index in [2.05, 4.69) is 20.6 Å². The number of ether oxygens (including phenoxy) is 2. The van der Waals surface area contributed by atoms with Crippen LogP contribution in [0.3, 0.4) is 0 Å². The van der Waals surface area contributed by atoms with Crippen LogP contribution in [0.5, 0.6) is 11.5 Å². The Morgan fingerprint density at radius 2 is 1.96 bits per heavy atom. The summed E-state index contributed by atoms with van der Waals surface area (Å²) in [6.45, 7) is 0.834. The average Bonchev–Trinajstić information content (AvgIpc) is 3.08. The van der Waals surface area contributed by atoms with Crippen LogP contribution in [-0.4, -0.2) is 16.8 Å². The van der Waals surface area contributed by atoms with E-state index in [1.165, 1.54) is 12.1 Å². The van der Waals surface area contributed by atoms with Crippen molar-refractivity contribution in [2.24, 2.45) is 0 Å². The lowest BCUT2D eigenvalue weighted by Gasteiger charge is -2.09. The molecule has 1 aromatic heterocycles. The van der Waals surface area contributed by atoms with Crippen molar-refractivity contribution in [1.29, 1.82) is 0 Å². The van der Waals surface area contributed by atoms with Crippen LogP contribution in [0.25, 0.3) is 0 Å². The monoisotopic (exact) mass is 338 g/mol. The molecule has 1 aliphatic rings. The van der Waals surface area contributed by atoms with Gasteiger partial charge in [0.1, 0.15) is 11.6 Å². The molecule has 2 aromatic carbocycles. The number of hydrogen-bond acceptors (Lipinski definition) is 6. The normalized spacial score (nSPS) is 12.0. The number of nitrogens with one attached hydrogen (secondary N) is 2. The fourth-order valence-electron chi connectivity index (χ4n) is 2.46. The zero-order valence-electron chi connectivity index (χ0n) is 13.2. The number of anilines is 3. The van der Waals surface area contributed by atoms with E-state index in [-0.39, 0.29) is 12.6 Å². The summed E-state index contributed by atoms with van der Waals surface area (Å²) in [5.41, 5.74) is 1.63. The summed E-state index contributed by atoms with van der Waals surface area (Å²) in [7, 11) is 0. The van der Waals surface area contributed by atoms with Crippen LogP contribution >= 0.6 is 0 Å². The standard InChI is InChI=1S/C18H15FN4O2/c19-13-2-1-3-14(9-13)22-18-20-7-6-17(23-18)21-10-12-4-5-15-16(8-12)25-11-24-15/h1-9H,10-11H2,(H2,20,21,22,23). The summed E-state index contributed by atoms with van der Waals surface area (Å²) in [5.74, 6) is 2.23. The van der Waals surface area contributed by atoms with Crippen molar-refractivity contribution in [3.63, 3.8) is 0 Å². The molecule has 2 N–H and O–H groups in total. The molecule has 2 heterocycles. The highest BCUT2D eigenvalue weighted by atomic mass is 19.1. The Balaban J connectivity index is 1.43. The number of rotatable bonds is 5. The van der Waals surface area contributed by atoms with E-state index in [1.54, 1.807) is 24.4 Å². The van der Waals surface area contributed by atoms with Crippen molar-refractivity contribution in [3.8, 4) is 11.5 Å². The fraction of sp³-hybridized carbons (Fsp3) is 0.111. The second kappa shape index (κ2) is 6.64. The molecule has 0 aliphatic carbocycles. The van der Waals surface area contributed by atoms with Crippen molar-refractivity contribution in [2.45, 2.75) is 6.54 Å². The summed E-state index contributed by atoms with van der Waals surface area (Å²) >= 11 is 0. The molecule has 0 saturated heterocycles. The minimum absolute atomic E-state index is 0.257. The second-order valence-corrected chi connectivity index (χ2v) is 5.44. The van der Waals surface area contributed by atoms with E-state index in [0.717, 1.165) is 17.1 Å². The van der Waals surface area contributed by atoms with Gasteiger partial charge in [0.2, 0.25) is 12.7 Å². The lowest BCUT2D eigenvalue weighted by molar-refractivity contribution is 0.174. The maximum absolute atomic E-state index is 13.2. The largest absolute Gasteiger partial charge is 0.454 e. The lowest BCUT2D eigenvalue weighted by atomic mass is 10.2. The minimum Gasteiger partial charge on any atom is -0.454 e. The van der Waals surface area contributed by atoms with Crippen LogP contribution in [0.1, 0.15) is 5.56 Å². The third-order valence-electron chi connectivity index (χ3n) is 3.65. The predicted octanol–water partition coefficient (Wildman–Crippen LogP) is 3.70. The van der Waals surface area contributed by atoms with E-state index >= 15 is 0 Å². The fourth-order valence-corrected chi connectivity index (χ4v) is 2.46. The minimum atomic E-state index is -0.318. The summed E-state index contributed by atoms with van der Waals surface area (Å²) in [6.07, 6.45) is 1.64. The van der Waals surface area contributed by atoms with Gasteiger partial charge in [-0.15, -0.1) is 0 Å². The van der Waals surface area contributed by atoms with Crippen molar-refractivity contribution in [2.75, 3.05) is 17.4 Å². The zero-order chi connectivity index (χ0) is 17.1. The van der Waals surface area contributed by atoms with Gasteiger partial charge in [0.05, 0.1) is 0 Å². The SMILES string of the molecule is Fc1cccc(Nc2nccc(NCc3ccc4c(c3)OCO4)n2)c1. The molecule has 25 heavy (non-hydrogen) atoms. The van der Waals surface area contributed by atoms with Crippen molar-refractivity contribution in [3.05, 3.63) is 66.1 Å². The number of benzene rings is 2. The maximum atomic E-state index is 13.2. The summed E-state index contributed by atoms with van der Waals surface area (Å²) in [5, 5.41) is 6.21. The molecule has 0 bridgehead atoms. The topological polar surface area (TPSA) is 68.3 Å². The molecule has 7 heteroatoms. The van der Waals surface area contributed by atoms with E-state index in [1.807, 2.05) is 18.2 Å². The zero-order valence-corrected chi connectivity index (χ0v) is 13.2. The highest BCUT2D eigenvalue weighted by Gasteiger charge is 2.13. The molecule has 0 unspecified atom stereocenters. The lowest BCUT2D eigenvalue weighted by Crippen LogP contribution is -2.04. The van der Waals surface area contributed by atoms with Crippen molar-refractivity contribution in [1.82, 2.24) is 9.97 Å². The number of fused-ring (bicyclic) bond motifs is 1. The maximum Gasteiger partial charge on any atom is 0.231 e. The predicted molar refractivity (Wildman–Crippen MR) is 91.6 cm³/mol. The van der Waals surface area contributed by atoms with Crippen LogP contribution in [0.2, 0.25) is 0 Å². The molecule has 126 valence electrons. The van der Waals surface area contributed by atoms with E-state index < -0.39 is 0 Å². The van der Waals surface area contributed by atoms with Gasteiger partial charge >= 0.3 is 0 Å². The van der Waals surface area contributed by atoms with Gasteiger partial charge in [-0.3, -0.25) is 0 Å². The second-order valence-electron chi connectivity index (χ2n) is 5.44. The Morgan fingerprint density at radius 3 is 2.88 bits per heavy atom. The molecule has 0 fully saturated rings. The number of halogens is 1. The Hall–Kier alpha value is -3.35. The van der Waals surface area contributed by atoms with Gasteiger partial charge in [0, 0.05) is 18.4 Å². The van der Waals surface area contributed by atoms with Crippen molar-refractivity contribution < 1.29 is 13.9 Å². The first-order valence-corrected chi connectivity index (χ1v) is 7.74. The van der Waals surface area contributed by atoms with E-state index in [9.17, 15) is 4.39 Å². The van der Waals surface area contributed by atoms with Crippen LogP contribution in [-0.2, 0) is 6.54 Å². The highest BCUT2D eigenvalue weighted by Crippen LogP contribution is 2.32. The molecule has 0 spiro atoms. The van der Waals surface area contributed by atoms with Gasteiger partial charge in [-0.25, -0.2) is 9.37 Å². The average molecular weight is 338 g/mol. The quantitative estimate of drug-likeness (QED) is 0.739. The number of hydrogen-bond donors (Lipinski definition) is 2. The Labute approximate surface area is 143 Å². The third-order valence-corrected chi connectivity index (χ3v) is 3.65. The molecule has 0 amide bonds. The third kappa shape index (κ3) is 3.60. The van der Waals surface area contributed by atoms with Crippen LogP contribution in [0, 0.1) is 5.82 Å². The van der Waals surface area contributed by atoms with E-state index in [4.69, 9.17) is 9.47 Å². The van der Waals surface area contributed by atoms with Crippen LogP contribution < -0.4 is 20.1 Å². The molecule has 4 rings (SSSR count). The van der Waals surface area contributed by atoms with Crippen molar-refractivity contribution >= 4 is 17.5 Å². The molecule has 1 aliphatic heterocycles. The van der Waals surface area contributed by atoms with Gasteiger partial charge < -0.3 is 20.1 Å². The highest BCUT2D eigenvalue weighted by molar-refractivity contribution is 5.54. The Kier molecular flexibility index (Phi) is 4.04. The van der Waals surface area contributed by atoms with Crippen LogP contribution in [0.4, 0.5) is 21.8 Å². The van der Waals surface area contributed by atoms with Gasteiger partial charge in [0.15, 0.2) is 11.5 Å². The molecule has 6 nitrogen and oxygen atoms in total. The molecule has 0 saturated carbocycles. The smallest absolute Gasteiger partial charge is 0.231 e. The number of aromatic nitrogens is 2. The molecule has 0 radical (unpaired) electrons.